The Labute approximate surface area is 107 Å². The first kappa shape index (κ1) is 14.2. The number of hydrogen-bond donors (Lipinski definition) is 1. The third-order valence-corrected chi connectivity index (χ3v) is 2.50. The second kappa shape index (κ2) is 6.19. The summed E-state index contributed by atoms with van der Waals surface area (Å²) in [5.41, 5.74) is 2.18. The number of esters is 1. The predicted molar refractivity (Wildman–Crippen MR) is 70.8 cm³/mol. The van der Waals surface area contributed by atoms with Crippen molar-refractivity contribution in [2.45, 2.75) is 33.6 Å². The van der Waals surface area contributed by atoms with Gasteiger partial charge in [0, 0.05) is 12.6 Å². The van der Waals surface area contributed by atoms with Crippen LogP contribution in [0.25, 0.3) is 0 Å². The summed E-state index contributed by atoms with van der Waals surface area (Å²) >= 11 is 0. The molecule has 0 radical (unpaired) electrons. The smallest absolute Gasteiger partial charge is 0.338 e. The quantitative estimate of drug-likeness (QED) is 0.835. The van der Waals surface area contributed by atoms with Crippen LogP contribution in [0.1, 0.15) is 49.5 Å². The second-order valence-electron chi connectivity index (χ2n) is 4.36. The number of carbonyl (C=O) groups excluding carboxylic acids is 2. The molecule has 1 aromatic carbocycles. The van der Waals surface area contributed by atoms with Crippen LogP contribution in [0.5, 0.6) is 0 Å². The van der Waals surface area contributed by atoms with Crippen molar-refractivity contribution in [3.63, 3.8) is 0 Å². The van der Waals surface area contributed by atoms with Crippen LogP contribution in [0.4, 0.5) is 5.69 Å². The van der Waals surface area contributed by atoms with Gasteiger partial charge in [-0.05, 0) is 36.6 Å². The Morgan fingerprint density at radius 2 is 2.00 bits per heavy atom. The number of anilines is 1. The lowest BCUT2D eigenvalue weighted by Crippen LogP contribution is -2.11. The molecule has 98 valence electrons. The SMILES string of the molecule is CCOC(=O)c1ccc(NC(C)=O)c(C(C)C)c1. The topological polar surface area (TPSA) is 55.4 Å². The summed E-state index contributed by atoms with van der Waals surface area (Å²) in [6.07, 6.45) is 0. The largest absolute Gasteiger partial charge is 0.462 e. The molecule has 1 rings (SSSR count). The molecule has 0 heterocycles. The Morgan fingerprint density at radius 3 is 2.50 bits per heavy atom. The number of carbonyl (C=O) groups is 2. The number of rotatable bonds is 4. The van der Waals surface area contributed by atoms with Crippen LogP contribution in [-0.2, 0) is 9.53 Å². The Morgan fingerprint density at radius 1 is 1.33 bits per heavy atom. The zero-order valence-electron chi connectivity index (χ0n) is 11.2. The van der Waals surface area contributed by atoms with Crippen molar-refractivity contribution >= 4 is 17.6 Å². The normalized spacial score (nSPS) is 10.3. The summed E-state index contributed by atoms with van der Waals surface area (Å²) in [5, 5.41) is 2.76. The van der Waals surface area contributed by atoms with Crippen molar-refractivity contribution in [1.82, 2.24) is 0 Å². The Hall–Kier alpha value is -1.84. The van der Waals surface area contributed by atoms with Crippen LogP contribution in [0, 0.1) is 0 Å². The molecule has 0 spiro atoms. The van der Waals surface area contributed by atoms with Gasteiger partial charge in [-0.15, -0.1) is 0 Å². The first-order valence-electron chi connectivity index (χ1n) is 6.04. The minimum absolute atomic E-state index is 0.124. The summed E-state index contributed by atoms with van der Waals surface area (Å²) < 4.78 is 4.96. The summed E-state index contributed by atoms with van der Waals surface area (Å²) in [6.45, 7) is 7.60. The molecule has 1 amide bonds. The van der Waals surface area contributed by atoms with Crippen LogP contribution in [0.3, 0.4) is 0 Å². The van der Waals surface area contributed by atoms with Gasteiger partial charge in [0.2, 0.25) is 5.91 Å². The first-order chi connectivity index (χ1) is 8.45. The molecule has 0 aromatic heterocycles. The number of benzene rings is 1. The molecule has 0 aliphatic carbocycles. The first-order valence-corrected chi connectivity index (χ1v) is 6.04. The molecule has 1 N–H and O–H groups in total. The third kappa shape index (κ3) is 3.58. The van der Waals surface area contributed by atoms with E-state index in [2.05, 4.69) is 5.32 Å². The highest BCUT2D eigenvalue weighted by Gasteiger charge is 2.13. The van der Waals surface area contributed by atoms with Crippen molar-refractivity contribution in [2.75, 3.05) is 11.9 Å². The Balaban J connectivity index is 3.10. The van der Waals surface area contributed by atoms with Gasteiger partial charge in [0.15, 0.2) is 0 Å². The fourth-order valence-electron chi connectivity index (χ4n) is 1.69. The van der Waals surface area contributed by atoms with E-state index < -0.39 is 0 Å². The second-order valence-corrected chi connectivity index (χ2v) is 4.36. The van der Waals surface area contributed by atoms with Gasteiger partial charge in [-0.2, -0.15) is 0 Å². The van der Waals surface area contributed by atoms with E-state index in [4.69, 9.17) is 4.74 Å². The maximum absolute atomic E-state index is 11.6. The van der Waals surface area contributed by atoms with Crippen LogP contribution < -0.4 is 5.32 Å². The van der Waals surface area contributed by atoms with Crippen LogP contribution >= 0.6 is 0 Å². The summed E-state index contributed by atoms with van der Waals surface area (Å²) in [6, 6.07) is 5.17. The van der Waals surface area contributed by atoms with Crippen LogP contribution in [-0.4, -0.2) is 18.5 Å². The van der Waals surface area contributed by atoms with E-state index >= 15 is 0 Å². The van der Waals surface area contributed by atoms with Gasteiger partial charge >= 0.3 is 5.97 Å². The highest BCUT2D eigenvalue weighted by atomic mass is 16.5. The van der Waals surface area contributed by atoms with Crippen molar-refractivity contribution in [1.29, 1.82) is 0 Å². The predicted octanol–water partition coefficient (Wildman–Crippen LogP) is 2.95. The molecule has 0 aliphatic heterocycles. The third-order valence-electron chi connectivity index (χ3n) is 2.50. The zero-order valence-corrected chi connectivity index (χ0v) is 11.2. The standard InChI is InChI=1S/C14H19NO3/c1-5-18-14(17)11-6-7-13(15-10(4)16)12(8-11)9(2)3/h6-9H,5H2,1-4H3,(H,15,16). The van der Waals surface area contributed by atoms with Gasteiger partial charge in [0.25, 0.3) is 0 Å². The molecular formula is C14H19NO3. The molecule has 0 saturated carbocycles. The molecule has 0 atom stereocenters. The number of hydrogen-bond acceptors (Lipinski definition) is 3. The van der Waals surface area contributed by atoms with E-state index in [0.717, 1.165) is 11.3 Å². The van der Waals surface area contributed by atoms with E-state index in [9.17, 15) is 9.59 Å². The summed E-state index contributed by atoms with van der Waals surface area (Å²) in [7, 11) is 0. The van der Waals surface area contributed by atoms with Crippen molar-refractivity contribution in [3.8, 4) is 0 Å². The lowest BCUT2D eigenvalue weighted by molar-refractivity contribution is -0.114. The highest BCUT2D eigenvalue weighted by Crippen LogP contribution is 2.25. The van der Waals surface area contributed by atoms with Crippen molar-refractivity contribution in [2.24, 2.45) is 0 Å². The molecule has 0 bridgehead atoms. The molecule has 18 heavy (non-hydrogen) atoms. The fraction of sp³-hybridized carbons (Fsp3) is 0.429. The van der Waals surface area contributed by atoms with E-state index in [1.54, 1.807) is 25.1 Å². The molecule has 0 aliphatic rings. The summed E-state index contributed by atoms with van der Waals surface area (Å²) in [4.78, 5) is 22.7. The summed E-state index contributed by atoms with van der Waals surface area (Å²) in [5.74, 6) is -0.254. The van der Waals surface area contributed by atoms with Gasteiger partial charge in [0.05, 0.1) is 12.2 Å². The van der Waals surface area contributed by atoms with Crippen molar-refractivity contribution < 1.29 is 14.3 Å². The monoisotopic (exact) mass is 249 g/mol. The fourth-order valence-corrected chi connectivity index (χ4v) is 1.69. The molecule has 1 aromatic rings. The van der Waals surface area contributed by atoms with Crippen molar-refractivity contribution in [3.05, 3.63) is 29.3 Å². The van der Waals surface area contributed by atoms with E-state index in [0.29, 0.717) is 12.2 Å². The number of ether oxygens (including phenoxy) is 1. The lowest BCUT2D eigenvalue weighted by Gasteiger charge is -2.14. The zero-order chi connectivity index (χ0) is 13.7. The van der Waals surface area contributed by atoms with Gasteiger partial charge < -0.3 is 10.1 Å². The highest BCUT2D eigenvalue weighted by molar-refractivity contribution is 5.93. The van der Waals surface area contributed by atoms with Gasteiger partial charge in [-0.1, -0.05) is 13.8 Å². The maximum Gasteiger partial charge on any atom is 0.338 e. The lowest BCUT2D eigenvalue weighted by atomic mass is 9.98. The average molecular weight is 249 g/mol. The maximum atomic E-state index is 11.6. The minimum Gasteiger partial charge on any atom is -0.462 e. The van der Waals surface area contributed by atoms with Crippen LogP contribution in [0.15, 0.2) is 18.2 Å². The number of nitrogens with one attached hydrogen (secondary N) is 1. The molecule has 4 heteroatoms. The Bertz CT molecular complexity index is 452. The van der Waals surface area contributed by atoms with Crippen LogP contribution in [0.2, 0.25) is 0 Å². The Kier molecular flexibility index (Phi) is 4.89. The molecule has 0 saturated heterocycles. The molecule has 4 nitrogen and oxygen atoms in total. The van der Waals surface area contributed by atoms with E-state index in [1.165, 1.54) is 6.92 Å². The molecular weight excluding hydrogens is 230 g/mol. The average Bonchev–Trinajstić information content (AvgIpc) is 2.28. The minimum atomic E-state index is -0.339. The van der Waals surface area contributed by atoms with Gasteiger partial charge in [0.1, 0.15) is 0 Å². The molecule has 0 unspecified atom stereocenters. The van der Waals surface area contributed by atoms with E-state index in [1.807, 2.05) is 13.8 Å². The molecule has 0 fully saturated rings. The number of amides is 1. The van der Waals surface area contributed by atoms with Gasteiger partial charge in [-0.3, -0.25) is 4.79 Å². The van der Waals surface area contributed by atoms with E-state index in [-0.39, 0.29) is 17.8 Å². The van der Waals surface area contributed by atoms with Gasteiger partial charge in [-0.25, -0.2) is 4.79 Å².